The Bertz CT molecular complexity index is 881. The number of anilines is 1. The first kappa shape index (κ1) is 17.0. The predicted molar refractivity (Wildman–Crippen MR) is 93.5 cm³/mol. The van der Waals surface area contributed by atoms with Gasteiger partial charge in [-0.15, -0.1) is 0 Å². The molecule has 0 amide bonds. The van der Waals surface area contributed by atoms with Crippen LogP contribution in [0.5, 0.6) is 0 Å². The number of allylic oxidation sites excluding steroid dienone is 3. The third kappa shape index (κ3) is 4.56. The van der Waals surface area contributed by atoms with Crippen molar-refractivity contribution in [3.05, 3.63) is 83.6 Å². The van der Waals surface area contributed by atoms with E-state index in [0.29, 0.717) is 11.3 Å². The number of halogens is 1. The lowest BCUT2D eigenvalue weighted by Crippen LogP contribution is -2.14. The van der Waals surface area contributed by atoms with E-state index in [1.54, 1.807) is 30.4 Å². The molecule has 0 aliphatic heterocycles. The lowest BCUT2D eigenvalue weighted by molar-refractivity contribution is 0.627. The topological polar surface area (TPSA) is 39.9 Å². The van der Waals surface area contributed by atoms with Crippen LogP contribution in [0.25, 0.3) is 0 Å². The quantitative estimate of drug-likeness (QED) is 0.633. The number of aromatic nitrogens is 1. The number of hydrogen-bond donors (Lipinski definition) is 0. The van der Waals surface area contributed by atoms with Crippen molar-refractivity contribution in [3.63, 3.8) is 0 Å². The molecule has 0 saturated carbocycles. The van der Waals surface area contributed by atoms with E-state index in [9.17, 15) is 4.39 Å². The highest BCUT2D eigenvalue weighted by Crippen LogP contribution is 2.21. The highest BCUT2D eigenvalue weighted by molar-refractivity contribution is 5.56. The summed E-state index contributed by atoms with van der Waals surface area (Å²) >= 11 is 0. The maximum atomic E-state index is 13.6. The Morgan fingerprint density at radius 1 is 1.25 bits per heavy atom. The van der Waals surface area contributed by atoms with Crippen molar-refractivity contribution < 1.29 is 4.39 Å². The second-order valence-electron chi connectivity index (χ2n) is 5.17. The van der Waals surface area contributed by atoms with E-state index in [-0.39, 0.29) is 5.56 Å². The number of benzene rings is 1. The molecule has 0 saturated heterocycles. The predicted octanol–water partition coefficient (Wildman–Crippen LogP) is 4.04. The van der Waals surface area contributed by atoms with Crippen molar-refractivity contribution in [2.45, 2.75) is 6.92 Å². The molecule has 0 aliphatic carbocycles. The van der Waals surface area contributed by atoms with Crippen LogP contribution in [0, 0.1) is 29.0 Å². The van der Waals surface area contributed by atoms with Gasteiger partial charge in [-0.1, -0.05) is 18.4 Å². The fourth-order valence-electron chi connectivity index (χ4n) is 2.01. The maximum Gasteiger partial charge on any atom is 0.126 e. The van der Waals surface area contributed by atoms with Crippen LogP contribution < -0.4 is 4.90 Å². The molecule has 4 heteroatoms. The molecule has 2 rings (SSSR count). The molecule has 1 aromatic heterocycles. The van der Waals surface area contributed by atoms with Crippen LogP contribution in [-0.2, 0) is 0 Å². The summed E-state index contributed by atoms with van der Waals surface area (Å²) in [6.07, 6.45) is 5.17. The van der Waals surface area contributed by atoms with Crippen LogP contribution in [-0.4, -0.2) is 12.0 Å². The highest BCUT2D eigenvalue weighted by atomic mass is 19.1. The third-order valence-electron chi connectivity index (χ3n) is 3.36. The zero-order valence-electron chi connectivity index (χ0n) is 13.5. The van der Waals surface area contributed by atoms with Gasteiger partial charge in [-0.2, -0.15) is 5.26 Å². The molecule has 0 spiro atoms. The Balaban J connectivity index is 2.18. The highest BCUT2D eigenvalue weighted by Gasteiger charge is 2.07. The van der Waals surface area contributed by atoms with Gasteiger partial charge in [0.2, 0.25) is 0 Å². The van der Waals surface area contributed by atoms with E-state index < -0.39 is 5.82 Å². The molecule has 1 heterocycles. The maximum absolute atomic E-state index is 13.6. The molecule has 0 unspecified atom stereocenters. The Hall–Kier alpha value is -3.37. The van der Waals surface area contributed by atoms with Crippen LogP contribution >= 0.6 is 0 Å². The summed E-state index contributed by atoms with van der Waals surface area (Å²) in [6, 6.07) is 9.80. The second-order valence-corrected chi connectivity index (χ2v) is 5.17. The van der Waals surface area contributed by atoms with E-state index in [1.807, 2.05) is 31.2 Å². The summed E-state index contributed by atoms with van der Waals surface area (Å²) < 4.78 is 13.6. The van der Waals surface area contributed by atoms with Gasteiger partial charge in [0.15, 0.2) is 0 Å². The average molecular weight is 317 g/mol. The van der Waals surface area contributed by atoms with E-state index in [4.69, 9.17) is 5.26 Å². The average Bonchev–Trinajstić information content (AvgIpc) is 2.59. The Morgan fingerprint density at radius 2 is 1.96 bits per heavy atom. The van der Waals surface area contributed by atoms with Gasteiger partial charge >= 0.3 is 0 Å². The van der Waals surface area contributed by atoms with Gasteiger partial charge in [0.25, 0.3) is 0 Å². The molecule has 0 atom stereocenters. The van der Waals surface area contributed by atoms with Gasteiger partial charge in [-0.3, -0.25) is 4.98 Å². The van der Waals surface area contributed by atoms with E-state index in [2.05, 4.69) is 23.4 Å². The van der Waals surface area contributed by atoms with Crippen LogP contribution in [0.15, 0.2) is 66.7 Å². The van der Waals surface area contributed by atoms with Gasteiger partial charge in [0.05, 0.1) is 11.6 Å². The lowest BCUT2D eigenvalue weighted by atomic mass is 10.1. The van der Waals surface area contributed by atoms with Gasteiger partial charge in [-0.25, -0.2) is 4.39 Å². The second kappa shape index (κ2) is 7.76. The van der Waals surface area contributed by atoms with Gasteiger partial charge in [0.1, 0.15) is 5.82 Å². The van der Waals surface area contributed by atoms with Crippen LogP contribution in [0.4, 0.5) is 10.1 Å². The summed E-state index contributed by atoms with van der Waals surface area (Å²) in [4.78, 5) is 5.72. The number of nitrogens with zero attached hydrogens (tertiary/aromatic N) is 3. The molecule has 1 aromatic carbocycles. The molecule has 0 aliphatic rings. The first-order valence-corrected chi connectivity index (χ1v) is 7.23. The molecule has 0 bridgehead atoms. The normalized spacial score (nSPS) is 10.3. The molecular formula is C20H16FN3. The minimum absolute atomic E-state index is 0.279. The largest absolute Gasteiger partial charge is 0.348 e. The number of pyridine rings is 1. The molecule has 24 heavy (non-hydrogen) atoms. The number of hydrogen-bond acceptors (Lipinski definition) is 3. The first-order valence-electron chi connectivity index (χ1n) is 7.23. The Kier molecular flexibility index (Phi) is 5.49. The van der Waals surface area contributed by atoms with Crippen molar-refractivity contribution >= 4 is 5.69 Å². The van der Waals surface area contributed by atoms with Crippen molar-refractivity contribution in [1.82, 2.24) is 4.98 Å². The van der Waals surface area contributed by atoms with E-state index >= 15 is 0 Å². The first-order chi connectivity index (χ1) is 11.5. The van der Waals surface area contributed by atoms with Crippen molar-refractivity contribution in [2.24, 2.45) is 0 Å². The lowest BCUT2D eigenvalue weighted by Gasteiger charge is -2.20. The minimum atomic E-state index is -0.444. The zero-order chi connectivity index (χ0) is 17.5. The van der Waals surface area contributed by atoms with Gasteiger partial charge < -0.3 is 4.90 Å². The summed E-state index contributed by atoms with van der Waals surface area (Å²) in [5.41, 5.74) is 3.19. The van der Waals surface area contributed by atoms with Crippen molar-refractivity contribution in [3.8, 4) is 17.9 Å². The smallest absolute Gasteiger partial charge is 0.126 e. The van der Waals surface area contributed by atoms with Crippen molar-refractivity contribution in [2.75, 3.05) is 11.9 Å². The Labute approximate surface area is 141 Å². The van der Waals surface area contributed by atoms with Crippen LogP contribution in [0.2, 0.25) is 0 Å². The molecular weight excluding hydrogens is 301 g/mol. The fourth-order valence-corrected chi connectivity index (χ4v) is 2.01. The summed E-state index contributed by atoms with van der Waals surface area (Å²) in [5, 5.41) is 8.94. The van der Waals surface area contributed by atoms with Crippen LogP contribution in [0.1, 0.15) is 18.1 Å². The minimum Gasteiger partial charge on any atom is -0.348 e. The molecule has 0 radical (unpaired) electrons. The summed E-state index contributed by atoms with van der Waals surface area (Å²) in [6.45, 7) is 5.79. The Morgan fingerprint density at radius 3 is 2.62 bits per heavy atom. The van der Waals surface area contributed by atoms with E-state index in [1.165, 1.54) is 12.1 Å². The zero-order valence-corrected chi connectivity index (χ0v) is 13.5. The molecule has 0 fully saturated rings. The summed E-state index contributed by atoms with van der Waals surface area (Å²) in [7, 11) is 1.80. The SMILES string of the molecule is C=C(C#Cc1ccncc1)/C=C(/C)N(C)c1cc(F)cc(C#N)c1. The molecule has 3 nitrogen and oxygen atoms in total. The molecule has 2 aromatic rings. The molecule has 118 valence electrons. The van der Waals surface area contributed by atoms with Gasteiger partial charge in [0, 0.05) is 42.0 Å². The number of nitriles is 1. The third-order valence-corrected chi connectivity index (χ3v) is 3.36. The van der Waals surface area contributed by atoms with Gasteiger partial charge in [-0.05, 0) is 43.3 Å². The monoisotopic (exact) mass is 317 g/mol. The standard InChI is InChI=1S/C20H16FN3/c1-15(4-5-17-6-8-23-9-7-17)10-16(2)24(3)20-12-18(14-22)11-19(21)13-20/h6-13H,1H2,2-3H3/b16-10-. The van der Waals surface area contributed by atoms with Crippen LogP contribution in [0.3, 0.4) is 0 Å². The summed E-state index contributed by atoms with van der Waals surface area (Å²) in [5.74, 6) is 5.52. The number of rotatable bonds is 3. The van der Waals surface area contributed by atoms with E-state index in [0.717, 1.165) is 11.3 Å². The van der Waals surface area contributed by atoms with Crippen molar-refractivity contribution in [1.29, 1.82) is 5.26 Å². The fraction of sp³-hybridized carbons (Fsp3) is 0.100. The molecule has 0 N–H and O–H groups in total.